The maximum atomic E-state index is 12.2. The monoisotopic (exact) mass is 398 g/mol. The number of hydrogen-bond acceptors (Lipinski definition) is 2. The highest BCUT2D eigenvalue weighted by atomic mass is 16.1. The zero-order valence-corrected chi connectivity index (χ0v) is 17.5. The molecular weight excluding hydrogens is 372 g/mol. The molecule has 152 valence electrons. The average molecular weight is 399 g/mol. The Morgan fingerprint density at radius 2 is 1.53 bits per heavy atom. The van der Waals surface area contributed by atoms with Crippen molar-refractivity contribution in [3.63, 3.8) is 0 Å². The van der Waals surface area contributed by atoms with E-state index in [4.69, 9.17) is 5.73 Å². The normalized spacial score (nSPS) is 11.4. The van der Waals surface area contributed by atoms with Gasteiger partial charge in [0.05, 0.1) is 0 Å². The molecule has 0 fully saturated rings. The number of nitrogens with two attached hydrogens (primary N) is 1. The number of amides is 2. The first-order valence-corrected chi connectivity index (χ1v) is 9.82. The molecule has 0 heterocycles. The van der Waals surface area contributed by atoms with Crippen LogP contribution >= 0.6 is 0 Å². The molecule has 4 heteroatoms. The summed E-state index contributed by atoms with van der Waals surface area (Å²) in [5, 5.41) is 2.86. The highest BCUT2D eigenvalue weighted by Gasteiger charge is 2.12. The third-order valence-corrected chi connectivity index (χ3v) is 4.84. The fourth-order valence-electron chi connectivity index (χ4n) is 3.05. The summed E-state index contributed by atoms with van der Waals surface area (Å²) in [5.74, 6) is -0.654. The molecule has 0 bridgehead atoms. The molecule has 0 saturated carbocycles. The van der Waals surface area contributed by atoms with Gasteiger partial charge in [0.15, 0.2) is 0 Å². The summed E-state index contributed by atoms with van der Waals surface area (Å²) in [6.07, 6.45) is 3.32. The highest BCUT2D eigenvalue weighted by molar-refractivity contribution is 6.02. The zero-order valence-electron chi connectivity index (χ0n) is 17.5. The molecule has 0 aromatic heterocycles. The SMILES string of the molecule is CC(C)(C)c1ccc(C=CC(=O)Nc2ccc(-c3cccc(C(N)=O)c3)cc2)cc1. The van der Waals surface area contributed by atoms with Gasteiger partial charge in [0.1, 0.15) is 0 Å². The minimum atomic E-state index is -0.458. The Bertz CT molecular complexity index is 1070. The summed E-state index contributed by atoms with van der Waals surface area (Å²) in [5.41, 5.74) is 10.7. The summed E-state index contributed by atoms with van der Waals surface area (Å²) < 4.78 is 0. The van der Waals surface area contributed by atoms with Gasteiger partial charge in [-0.1, -0.05) is 69.3 Å². The second kappa shape index (κ2) is 8.78. The Kier molecular flexibility index (Phi) is 6.17. The summed E-state index contributed by atoms with van der Waals surface area (Å²) in [6, 6.07) is 22.8. The Labute approximate surface area is 177 Å². The van der Waals surface area contributed by atoms with Crippen molar-refractivity contribution in [3.05, 3.63) is 95.6 Å². The van der Waals surface area contributed by atoms with Gasteiger partial charge in [-0.15, -0.1) is 0 Å². The van der Waals surface area contributed by atoms with Crippen LogP contribution in [-0.2, 0) is 10.2 Å². The second-order valence-corrected chi connectivity index (χ2v) is 8.22. The van der Waals surface area contributed by atoms with Gasteiger partial charge in [-0.2, -0.15) is 0 Å². The van der Waals surface area contributed by atoms with Crippen LogP contribution in [0.3, 0.4) is 0 Å². The van der Waals surface area contributed by atoms with Crippen LogP contribution in [0.5, 0.6) is 0 Å². The first-order valence-electron chi connectivity index (χ1n) is 9.82. The molecule has 4 nitrogen and oxygen atoms in total. The maximum Gasteiger partial charge on any atom is 0.248 e. The van der Waals surface area contributed by atoms with Crippen molar-refractivity contribution in [1.29, 1.82) is 0 Å². The van der Waals surface area contributed by atoms with E-state index in [1.807, 2.05) is 42.5 Å². The lowest BCUT2D eigenvalue weighted by atomic mass is 9.87. The number of rotatable bonds is 5. The predicted octanol–water partition coefficient (Wildman–Crippen LogP) is 5.40. The van der Waals surface area contributed by atoms with Crippen molar-refractivity contribution in [2.75, 3.05) is 5.32 Å². The molecule has 0 saturated heterocycles. The number of carbonyl (C=O) groups excluding carboxylic acids is 2. The van der Waals surface area contributed by atoms with Crippen molar-refractivity contribution in [1.82, 2.24) is 0 Å². The molecule has 0 aliphatic rings. The zero-order chi connectivity index (χ0) is 21.7. The van der Waals surface area contributed by atoms with E-state index in [9.17, 15) is 9.59 Å². The molecule has 3 N–H and O–H groups in total. The van der Waals surface area contributed by atoms with Gasteiger partial charge in [-0.25, -0.2) is 0 Å². The van der Waals surface area contributed by atoms with Crippen LogP contribution in [0, 0.1) is 0 Å². The third kappa shape index (κ3) is 5.45. The molecule has 0 radical (unpaired) electrons. The fraction of sp³-hybridized carbons (Fsp3) is 0.154. The lowest BCUT2D eigenvalue weighted by molar-refractivity contribution is -0.111. The van der Waals surface area contributed by atoms with Gasteiger partial charge < -0.3 is 11.1 Å². The van der Waals surface area contributed by atoms with Crippen LogP contribution in [-0.4, -0.2) is 11.8 Å². The van der Waals surface area contributed by atoms with Gasteiger partial charge in [0.25, 0.3) is 0 Å². The Balaban J connectivity index is 1.64. The van der Waals surface area contributed by atoms with Gasteiger partial charge in [-0.3, -0.25) is 9.59 Å². The van der Waals surface area contributed by atoms with Crippen LogP contribution in [0.4, 0.5) is 5.69 Å². The molecule has 0 aliphatic heterocycles. The van der Waals surface area contributed by atoms with E-state index in [2.05, 4.69) is 38.2 Å². The summed E-state index contributed by atoms with van der Waals surface area (Å²) >= 11 is 0. The smallest absolute Gasteiger partial charge is 0.248 e. The average Bonchev–Trinajstić information content (AvgIpc) is 2.72. The highest BCUT2D eigenvalue weighted by Crippen LogP contribution is 2.23. The molecule has 3 aromatic rings. The van der Waals surface area contributed by atoms with Crippen LogP contribution in [0.25, 0.3) is 17.2 Å². The number of anilines is 1. The fourth-order valence-corrected chi connectivity index (χ4v) is 3.05. The van der Waals surface area contributed by atoms with E-state index >= 15 is 0 Å². The number of carbonyl (C=O) groups is 2. The van der Waals surface area contributed by atoms with Crippen LogP contribution in [0.1, 0.15) is 42.3 Å². The molecular formula is C26H26N2O2. The van der Waals surface area contributed by atoms with E-state index < -0.39 is 5.91 Å². The third-order valence-electron chi connectivity index (χ3n) is 4.84. The maximum absolute atomic E-state index is 12.2. The minimum absolute atomic E-state index is 0.104. The first kappa shape index (κ1) is 21.1. The van der Waals surface area contributed by atoms with Crippen molar-refractivity contribution in [2.24, 2.45) is 5.73 Å². The van der Waals surface area contributed by atoms with Crippen LogP contribution < -0.4 is 11.1 Å². The number of nitrogens with one attached hydrogen (secondary N) is 1. The number of hydrogen-bond donors (Lipinski definition) is 2. The van der Waals surface area contributed by atoms with Gasteiger partial charge in [0, 0.05) is 17.3 Å². The van der Waals surface area contributed by atoms with Crippen LogP contribution in [0.2, 0.25) is 0 Å². The van der Waals surface area contributed by atoms with Crippen molar-refractivity contribution >= 4 is 23.6 Å². The van der Waals surface area contributed by atoms with Crippen LogP contribution in [0.15, 0.2) is 78.9 Å². The second-order valence-electron chi connectivity index (χ2n) is 8.22. The molecule has 0 unspecified atom stereocenters. The minimum Gasteiger partial charge on any atom is -0.366 e. The van der Waals surface area contributed by atoms with E-state index in [0.717, 1.165) is 16.7 Å². The summed E-state index contributed by atoms with van der Waals surface area (Å²) in [4.78, 5) is 23.6. The quantitative estimate of drug-likeness (QED) is 0.565. The molecule has 0 atom stereocenters. The van der Waals surface area contributed by atoms with Crippen molar-refractivity contribution in [3.8, 4) is 11.1 Å². The standard InChI is InChI=1S/C26H26N2O2/c1-26(2,3)22-12-7-18(8-13-22)9-16-24(29)28-23-14-10-19(11-15-23)20-5-4-6-21(17-20)25(27)30/h4-17H,1-3H3,(H2,27,30)(H,28,29). The topological polar surface area (TPSA) is 72.2 Å². The lowest BCUT2D eigenvalue weighted by Crippen LogP contribution is -2.10. The van der Waals surface area contributed by atoms with Gasteiger partial charge in [0.2, 0.25) is 11.8 Å². The largest absolute Gasteiger partial charge is 0.366 e. The number of primary amides is 1. The Hall–Kier alpha value is -3.66. The lowest BCUT2D eigenvalue weighted by Gasteiger charge is -2.18. The molecule has 2 amide bonds. The molecule has 30 heavy (non-hydrogen) atoms. The van der Waals surface area contributed by atoms with E-state index in [1.54, 1.807) is 24.3 Å². The van der Waals surface area contributed by atoms with E-state index in [-0.39, 0.29) is 11.3 Å². The van der Waals surface area contributed by atoms with E-state index in [1.165, 1.54) is 11.6 Å². The predicted molar refractivity (Wildman–Crippen MR) is 123 cm³/mol. The van der Waals surface area contributed by atoms with E-state index in [0.29, 0.717) is 11.3 Å². The van der Waals surface area contributed by atoms with Gasteiger partial charge in [-0.05, 0) is 58.0 Å². The molecule has 0 aliphatic carbocycles. The molecule has 0 spiro atoms. The molecule has 3 aromatic carbocycles. The Morgan fingerprint density at radius 1 is 0.867 bits per heavy atom. The molecule has 3 rings (SSSR count). The summed E-state index contributed by atoms with van der Waals surface area (Å²) in [7, 11) is 0. The first-order chi connectivity index (χ1) is 14.2. The van der Waals surface area contributed by atoms with Gasteiger partial charge >= 0.3 is 0 Å². The van der Waals surface area contributed by atoms with Crippen molar-refractivity contribution < 1.29 is 9.59 Å². The Morgan fingerprint density at radius 3 is 2.13 bits per heavy atom. The number of benzene rings is 3. The summed E-state index contributed by atoms with van der Waals surface area (Å²) in [6.45, 7) is 6.51. The van der Waals surface area contributed by atoms with Crippen molar-refractivity contribution in [2.45, 2.75) is 26.2 Å².